The number of hydrogen-bond donors (Lipinski definition) is 1. The average Bonchev–Trinajstić information content (AvgIpc) is 2.46. The monoisotopic (exact) mass is 354 g/mol. The SMILES string of the molecule is CCCCC(CC)CP(=O)(CC(CC)CCCC)S(=O)(=O)O. The molecule has 0 aliphatic carbocycles. The molecule has 2 atom stereocenters. The largest absolute Gasteiger partial charge is 0.315 e. The molecule has 0 spiro atoms. The summed E-state index contributed by atoms with van der Waals surface area (Å²) in [5, 5.41) is 0. The van der Waals surface area contributed by atoms with E-state index in [1.807, 2.05) is 13.8 Å². The highest BCUT2D eigenvalue weighted by molar-refractivity contribution is 8.50. The first kappa shape index (κ1) is 22.1. The molecule has 1 N–H and O–H groups in total. The van der Waals surface area contributed by atoms with Gasteiger partial charge in [0.1, 0.15) is 0 Å². The highest BCUT2D eigenvalue weighted by Gasteiger charge is 2.39. The van der Waals surface area contributed by atoms with Crippen molar-refractivity contribution >= 4 is 16.1 Å². The van der Waals surface area contributed by atoms with Crippen molar-refractivity contribution in [3.63, 3.8) is 0 Å². The first-order valence-electron chi connectivity index (χ1n) is 8.79. The van der Waals surface area contributed by atoms with Gasteiger partial charge in [0.15, 0.2) is 0 Å². The van der Waals surface area contributed by atoms with Crippen LogP contribution in [0.5, 0.6) is 0 Å². The Morgan fingerprint density at radius 2 is 1.23 bits per heavy atom. The lowest BCUT2D eigenvalue weighted by Gasteiger charge is -2.25. The molecular formula is C16H35O4PS. The van der Waals surface area contributed by atoms with Crippen LogP contribution in [-0.2, 0) is 14.3 Å². The van der Waals surface area contributed by atoms with Crippen LogP contribution in [0, 0.1) is 11.8 Å². The predicted molar refractivity (Wildman–Crippen MR) is 95.5 cm³/mol. The van der Waals surface area contributed by atoms with Crippen LogP contribution in [0.3, 0.4) is 0 Å². The van der Waals surface area contributed by atoms with Crippen LogP contribution in [0.25, 0.3) is 0 Å². The Hall–Kier alpha value is 0.140. The van der Waals surface area contributed by atoms with Gasteiger partial charge in [0.25, 0.3) is 0 Å². The van der Waals surface area contributed by atoms with E-state index in [1.165, 1.54) is 0 Å². The fourth-order valence-corrected chi connectivity index (χ4v) is 8.26. The Morgan fingerprint density at radius 1 is 0.864 bits per heavy atom. The summed E-state index contributed by atoms with van der Waals surface area (Å²) in [5.74, 6) is 0.243. The van der Waals surface area contributed by atoms with Crippen molar-refractivity contribution in [1.29, 1.82) is 0 Å². The van der Waals surface area contributed by atoms with E-state index in [1.54, 1.807) is 0 Å². The molecule has 0 bridgehead atoms. The highest BCUT2D eigenvalue weighted by Crippen LogP contribution is 2.55. The zero-order chi connectivity index (χ0) is 17.2. The van der Waals surface area contributed by atoms with Crippen LogP contribution in [0.15, 0.2) is 0 Å². The average molecular weight is 354 g/mol. The summed E-state index contributed by atoms with van der Waals surface area (Å²) in [5.41, 5.74) is 0. The second kappa shape index (κ2) is 10.8. The van der Waals surface area contributed by atoms with Gasteiger partial charge in [-0.15, -0.1) is 0 Å². The summed E-state index contributed by atoms with van der Waals surface area (Å²) in [7, 11) is -4.47. The van der Waals surface area contributed by atoms with Crippen LogP contribution in [0.1, 0.15) is 79.1 Å². The van der Waals surface area contributed by atoms with Gasteiger partial charge in [-0.2, -0.15) is 8.42 Å². The van der Waals surface area contributed by atoms with Crippen LogP contribution >= 0.6 is 6.34 Å². The van der Waals surface area contributed by atoms with Crippen molar-refractivity contribution in [2.45, 2.75) is 79.1 Å². The fourth-order valence-electron chi connectivity index (χ4n) is 2.88. The van der Waals surface area contributed by atoms with E-state index in [0.29, 0.717) is 0 Å². The molecule has 22 heavy (non-hydrogen) atoms. The molecule has 6 heteroatoms. The lowest BCUT2D eigenvalue weighted by molar-refractivity contribution is 0.457. The van der Waals surface area contributed by atoms with Crippen molar-refractivity contribution in [3.05, 3.63) is 0 Å². The van der Waals surface area contributed by atoms with E-state index in [2.05, 4.69) is 13.8 Å². The van der Waals surface area contributed by atoms with Gasteiger partial charge >= 0.3 is 9.74 Å². The van der Waals surface area contributed by atoms with Gasteiger partial charge in [-0.25, -0.2) is 0 Å². The molecule has 0 aromatic heterocycles. The standard InChI is InChI=1S/C16H35O4PS/c1-5-9-11-15(7-3)13-21(17,22(18,19)20)14-16(8-4)12-10-6-2/h15-16H,5-14H2,1-4H3,(H,18,19,20). The summed E-state index contributed by atoms with van der Waals surface area (Å²) >= 11 is 0. The maximum atomic E-state index is 13.1. The zero-order valence-corrected chi connectivity index (χ0v) is 16.5. The van der Waals surface area contributed by atoms with Crippen molar-refractivity contribution in [2.75, 3.05) is 12.3 Å². The minimum Gasteiger partial charge on any atom is -0.304 e. The van der Waals surface area contributed by atoms with Crippen molar-refractivity contribution in [3.8, 4) is 0 Å². The Morgan fingerprint density at radius 3 is 1.45 bits per heavy atom. The lowest BCUT2D eigenvalue weighted by Crippen LogP contribution is -2.18. The second-order valence-electron chi connectivity index (χ2n) is 6.46. The molecule has 0 aromatic rings. The van der Waals surface area contributed by atoms with Gasteiger partial charge in [0.05, 0.1) is 0 Å². The molecule has 134 valence electrons. The Labute approximate surface area is 137 Å². The van der Waals surface area contributed by atoms with Gasteiger partial charge in [0, 0.05) is 12.3 Å². The first-order chi connectivity index (χ1) is 10.2. The van der Waals surface area contributed by atoms with E-state index in [4.69, 9.17) is 0 Å². The topological polar surface area (TPSA) is 71.4 Å². The predicted octanol–water partition coefficient (Wildman–Crippen LogP) is 5.59. The van der Waals surface area contributed by atoms with Gasteiger partial charge in [-0.05, 0) is 24.7 Å². The minimum absolute atomic E-state index is 0.122. The number of unbranched alkanes of at least 4 members (excludes halogenated alkanes) is 2. The summed E-state index contributed by atoms with van der Waals surface area (Å²) in [4.78, 5) is 0. The summed E-state index contributed by atoms with van der Waals surface area (Å²) in [6, 6.07) is 0. The quantitative estimate of drug-likeness (QED) is 0.346. The van der Waals surface area contributed by atoms with E-state index in [0.717, 1.165) is 51.4 Å². The second-order valence-corrected chi connectivity index (χ2v) is 13.1. The Kier molecular flexibility index (Phi) is 10.9. The molecule has 0 aliphatic heterocycles. The maximum Gasteiger partial charge on any atom is 0.315 e. The molecule has 0 saturated heterocycles. The molecule has 0 radical (unpaired) electrons. The molecule has 0 rings (SSSR count). The Bertz CT molecular complexity index is 411. The van der Waals surface area contributed by atoms with Crippen molar-refractivity contribution in [2.24, 2.45) is 11.8 Å². The van der Waals surface area contributed by atoms with E-state index in [9.17, 15) is 17.5 Å². The van der Waals surface area contributed by atoms with Gasteiger partial charge < -0.3 is 4.57 Å². The zero-order valence-electron chi connectivity index (χ0n) is 14.8. The molecule has 0 aliphatic rings. The fraction of sp³-hybridized carbons (Fsp3) is 1.00. The Balaban J connectivity index is 5.11. The maximum absolute atomic E-state index is 13.1. The van der Waals surface area contributed by atoms with Gasteiger partial charge in [0.2, 0.25) is 6.34 Å². The summed E-state index contributed by atoms with van der Waals surface area (Å²) < 4.78 is 46.2. The third-order valence-electron chi connectivity index (χ3n) is 4.58. The molecular weight excluding hydrogens is 319 g/mol. The lowest BCUT2D eigenvalue weighted by atomic mass is 10.0. The molecule has 4 nitrogen and oxygen atoms in total. The smallest absolute Gasteiger partial charge is 0.304 e. The summed E-state index contributed by atoms with van der Waals surface area (Å²) in [6.07, 6.45) is 4.19. The molecule has 2 unspecified atom stereocenters. The van der Waals surface area contributed by atoms with E-state index in [-0.39, 0.29) is 24.2 Å². The van der Waals surface area contributed by atoms with E-state index >= 15 is 0 Å². The normalized spacial score (nSPS) is 17.9. The van der Waals surface area contributed by atoms with Crippen molar-refractivity contribution in [1.82, 2.24) is 0 Å². The molecule has 0 aromatic carbocycles. The summed E-state index contributed by atoms with van der Waals surface area (Å²) in [6.45, 7) is 8.19. The van der Waals surface area contributed by atoms with Crippen LogP contribution in [0.4, 0.5) is 0 Å². The third kappa shape index (κ3) is 7.61. The van der Waals surface area contributed by atoms with Crippen LogP contribution < -0.4 is 0 Å². The van der Waals surface area contributed by atoms with Gasteiger partial charge in [-0.3, -0.25) is 4.55 Å². The van der Waals surface area contributed by atoms with Crippen molar-refractivity contribution < 1.29 is 17.5 Å². The number of hydrogen-bond acceptors (Lipinski definition) is 3. The van der Waals surface area contributed by atoms with Crippen LogP contribution in [0.2, 0.25) is 0 Å². The number of rotatable bonds is 13. The van der Waals surface area contributed by atoms with Crippen LogP contribution in [-0.4, -0.2) is 25.3 Å². The van der Waals surface area contributed by atoms with E-state index < -0.39 is 16.1 Å². The molecule has 0 heterocycles. The molecule has 0 saturated carbocycles. The minimum atomic E-state index is -4.47. The first-order valence-corrected chi connectivity index (χ1v) is 12.9. The molecule has 0 amide bonds. The molecule has 0 fully saturated rings. The highest BCUT2D eigenvalue weighted by atomic mass is 32.8. The third-order valence-corrected chi connectivity index (χ3v) is 11.0. The van der Waals surface area contributed by atoms with Gasteiger partial charge in [-0.1, -0.05) is 66.2 Å².